The molecule has 0 aliphatic heterocycles. The molecule has 0 radical (unpaired) electrons. The van der Waals surface area contributed by atoms with Gasteiger partial charge in [-0.05, 0) is 13.1 Å². The predicted octanol–water partition coefficient (Wildman–Crippen LogP) is 0.0750. The number of ether oxygens (including phenoxy) is 1. The van der Waals surface area contributed by atoms with Gasteiger partial charge in [-0.2, -0.15) is 0 Å². The van der Waals surface area contributed by atoms with Crippen LogP contribution < -0.4 is 15.8 Å². The molecule has 1 aromatic rings. The van der Waals surface area contributed by atoms with E-state index in [0.29, 0.717) is 12.3 Å². The number of sulfone groups is 1. The van der Waals surface area contributed by atoms with Crippen LogP contribution in [0.15, 0.2) is 24.3 Å². The van der Waals surface area contributed by atoms with Crippen molar-refractivity contribution in [2.75, 3.05) is 25.2 Å². The van der Waals surface area contributed by atoms with E-state index in [1.807, 2.05) is 25.2 Å². The van der Waals surface area contributed by atoms with Crippen molar-refractivity contribution in [1.29, 1.82) is 0 Å². The van der Waals surface area contributed by atoms with Crippen molar-refractivity contribution in [2.24, 2.45) is 5.73 Å². The molecule has 0 saturated carbocycles. The maximum absolute atomic E-state index is 11.6. The molecule has 0 fully saturated rings. The van der Waals surface area contributed by atoms with Gasteiger partial charge in [-0.15, -0.1) is 0 Å². The van der Waals surface area contributed by atoms with E-state index in [9.17, 15) is 13.2 Å². The highest BCUT2D eigenvalue weighted by Crippen LogP contribution is 2.17. The summed E-state index contributed by atoms with van der Waals surface area (Å²) in [6, 6.07) is 7.43. The van der Waals surface area contributed by atoms with Crippen molar-refractivity contribution in [3.63, 3.8) is 0 Å². The second-order valence-electron chi connectivity index (χ2n) is 4.35. The lowest BCUT2D eigenvalue weighted by molar-refractivity contribution is -0.117. The molecule has 0 bridgehead atoms. The predicted molar refractivity (Wildman–Crippen MR) is 77.2 cm³/mol. The molecule has 0 aromatic heterocycles. The average molecular weight is 300 g/mol. The molecule has 1 rings (SSSR count). The molecule has 0 saturated heterocycles. The number of nitrogens with one attached hydrogen (secondary N) is 1. The Labute approximate surface area is 119 Å². The minimum atomic E-state index is -3.31. The summed E-state index contributed by atoms with van der Waals surface area (Å²) in [7, 11) is -1.49. The zero-order valence-electron chi connectivity index (χ0n) is 11.5. The average Bonchev–Trinajstić information content (AvgIpc) is 2.39. The van der Waals surface area contributed by atoms with Gasteiger partial charge < -0.3 is 15.8 Å². The third-order valence-electron chi connectivity index (χ3n) is 2.65. The number of hydrogen-bond acceptors (Lipinski definition) is 5. The lowest BCUT2D eigenvalue weighted by Crippen LogP contribution is -2.22. The van der Waals surface area contributed by atoms with Gasteiger partial charge in [-0.1, -0.05) is 18.2 Å². The highest BCUT2D eigenvalue weighted by Gasteiger charge is 2.13. The zero-order valence-corrected chi connectivity index (χ0v) is 12.3. The molecule has 7 heteroatoms. The maximum atomic E-state index is 11.6. The minimum Gasteiger partial charge on any atom is -0.492 e. The van der Waals surface area contributed by atoms with E-state index in [1.165, 1.54) is 0 Å². The van der Waals surface area contributed by atoms with E-state index in [-0.39, 0.29) is 24.5 Å². The molecule has 3 N–H and O–H groups in total. The van der Waals surface area contributed by atoms with E-state index in [2.05, 4.69) is 5.32 Å². The second kappa shape index (κ2) is 7.86. The summed E-state index contributed by atoms with van der Waals surface area (Å²) >= 11 is 0. The molecule has 1 aromatic carbocycles. The van der Waals surface area contributed by atoms with Crippen LogP contribution in [0, 0.1) is 0 Å². The fourth-order valence-corrected chi connectivity index (χ4v) is 2.67. The number of amides is 1. The third-order valence-corrected chi connectivity index (χ3v) is 4.27. The van der Waals surface area contributed by atoms with Gasteiger partial charge in [0, 0.05) is 18.5 Å². The Kier molecular flexibility index (Phi) is 6.47. The smallest absolute Gasteiger partial charge is 0.218 e. The summed E-state index contributed by atoms with van der Waals surface area (Å²) in [4.78, 5) is 10.6. The number of nitrogens with two attached hydrogens (primary N) is 1. The summed E-state index contributed by atoms with van der Waals surface area (Å²) in [5, 5.41) is 3.01. The van der Waals surface area contributed by atoms with Crippen molar-refractivity contribution in [3.8, 4) is 5.75 Å². The Balaban J connectivity index is 2.50. The van der Waals surface area contributed by atoms with E-state index >= 15 is 0 Å². The number of carbonyl (C=O) groups is 1. The Bertz CT molecular complexity index is 543. The SMILES string of the molecule is CNCc1ccccc1OCCS(=O)(=O)CCC(N)=O. The molecular formula is C13H20N2O4S. The van der Waals surface area contributed by atoms with Gasteiger partial charge in [0.05, 0.1) is 11.5 Å². The number of benzene rings is 1. The molecule has 0 atom stereocenters. The lowest BCUT2D eigenvalue weighted by Gasteiger charge is -2.11. The van der Waals surface area contributed by atoms with Gasteiger partial charge >= 0.3 is 0 Å². The van der Waals surface area contributed by atoms with Crippen LogP contribution in [0.25, 0.3) is 0 Å². The van der Waals surface area contributed by atoms with Gasteiger partial charge in [0.15, 0.2) is 9.84 Å². The van der Waals surface area contributed by atoms with Crippen molar-refractivity contribution in [3.05, 3.63) is 29.8 Å². The monoisotopic (exact) mass is 300 g/mol. The molecule has 112 valence electrons. The molecule has 1 amide bonds. The molecule has 0 aliphatic carbocycles. The van der Waals surface area contributed by atoms with Crippen LogP contribution in [0.5, 0.6) is 5.75 Å². The molecule has 0 heterocycles. The summed E-state index contributed by atoms with van der Waals surface area (Å²) in [5.74, 6) is -0.321. The molecule has 20 heavy (non-hydrogen) atoms. The zero-order chi connectivity index (χ0) is 15.0. The van der Waals surface area contributed by atoms with Gasteiger partial charge in [-0.25, -0.2) is 8.42 Å². The molecule has 0 unspecified atom stereocenters. The van der Waals surface area contributed by atoms with Gasteiger partial charge in [-0.3, -0.25) is 4.79 Å². The molecular weight excluding hydrogens is 280 g/mol. The Morgan fingerprint density at radius 2 is 2.00 bits per heavy atom. The van der Waals surface area contributed by atoms with Crippen LogP contribution in [0.4, 0.5) is 0 Å². The first-order valence-corrected chi connectivity index (χ1v) is 8.11. The summed E-state index contributed by atoms with van der Waals surface area (Å²) in [6.45, 7) is 0.701. The van der Waals surface area contributed by atoms with E-state index in [0.717, 1.165) is 5.56 Å². The van der Waals surface area contributed by atoms with Crippen LogP contribution >= 0.6 is 0 Å². The number of carbonyl (C=O) groups excluding carboxylic acids is 1. The van der Waals surface area contributed by atoms with E-state index in [4.69, 9.17) is 10.5 Å². The fourth-order valence-electron chi connectivity index (χ4n) is 1.62. The van der Waals surface area contributed by atoms with Gasteiger partial charge in [0.25, 0.3) is 0 Å². The Morgan fingerprint density at radius 3 is 2.65 bits per heavy atom. The third kappa shape index (κ3) is 6.03. The second-order valence-corrected chi connectivity index (χ2v) is 6.66. The first-order valence-electron chi connectivity index (χ1n) is 6.28. The van der Waals surface area contributed by atoms with Gasteiger partial charge in [0.1, 0.15) is 12.4 Å². The molecule has 0 aliphatic rings. The van der Waals surface area contributed by atoms with Crippen molar-refractivity contribution in [2.45, 2.75) is 13.0 Å². The van der Waals surface area contributed by atoms with Gasteiger partial charge in [0.2, 0.25) is 5.91 Å². The number of para-hydroxylation sites is 1. The summed E-state index contributed by atoms with van der Waals surface area (Å²) in [6.07, 6.45) is -0.154. The molecule has 6 nitrogen and oxygen atoms in total. The molecule has 0 spiro atoms. The normalized spacial score (nSPS) is 11.2. The maximum Gasteiger partial charge on any atom is 0.218 e. The highest BCUT2D eigenvalue weighted by atomic mass is 32.2. The Hall–Kier alpha value is -1.60. The van der Waals surface area contributed by atoms with Crippen molar-refractivity contribution in [1.82, 2.24) is 5.32 Å². The van der Waals surface area contributed by atoms with Crippen molar-refractivity contribution < 1.29 is 17.9 Å². The van der Waals surface area contributed by atoms with E-state index in [1.54, 1.807) is 6.07 Å². The highest BCUT2D eigenvalue weighted by molar-refractivity contribution is 7.91. The minimum absolute atomic E-state index is 0.0574. The quantitative estimate of drug-likeness (QED) is 0.672. The summed E-state index contributed by atoms with van der Waals surface area (Å²) in [5.41, 5.74) is 5.89. The number of primary amides is 1. The topological polar surface area (TPSA) is 98.5 Å². The van der Waals surface area contributed by atoms with Crippen LogP contribution in [-0.2, 0) is 21.2 Å². The van der Waals surface area contributed by atoms with Crippen LogP contribution in [-0.4, -0.2) is 39.5 Å². The standard InChI is InChI=1S/C13H20N2O4S/c1-15-10-11-4-2-3-5-12(11)19-7-9-20(17,18)8-6-13(14)16/h2-5,15H,6-10H2,1H3,(H2,14,16). The largest absolute Gasteiger partial charge is 0.492 e. The first kappa shape index (κ1) is 16.5. The summed E-state index contributed by atoms with van der Waals surface area (Å²) < 4.78 is 28.8. The van der Waals surface area contributed by atoms with Crippen LogP contribution in [0.1, 0.15) is 12.0 Å². The number of hydrogen-bond donors (Lipinski definition) is 2. The fraction of sp³-hybridized carbons (Fsp3) is 0.462. The first-order chi connectivity index (χ1) is 9.44. The van der Waals surface area contributed by atoms with E-state index < -0.39 is 15.7 Å². The van der Waals surface area contributed by atoms with Crippen LogP contribution in [0.2, 0.25) is 0 Å². The Morgan fingerprint density at radius 1 is 1.30 bits per heavy atom. The number of rotatable bonds is 9. The van der Waals surface area contributed by atoms with Crippen molar-refractivity contribution >= 4 is 15.7 Å². The lowest BCUT2D eigenvalue weighted by atomic mass is 10.2. The van der Waals surface area contributed by atoms with Crippen LogP contribution in [0.3, 0.4) is 0 Å².